The third kappa shape index (κ3) is 2.14. The maximum absolute atomic E-state index is 11.9. The first-order valence-corrected chi connectivity index (χ1v) is 7.63. The molecule has 4 nitrogen and oxygen atoms in total. The lowest BCUT2D eigenvalue weighted by molar-refractivity contribution is -0.125. The van der Waals surface area contributed by atoms with Gasteiger partial charge < -0.3 is 4.98 Å². The topological polar surface area (TPSA) is 57.2 Å². The molecule has 1 aliphatic heterocycles. The quantitative estimate of drug-likeness (QED) is 0.745. The first kappa shape index (κ1) is 13.8. The molecule has 0 fully saturated rings. The van der Waals surface area contributed by atoms with E-state index in [4.69, 9.17) is 0 Å². The van der Waals surface area contributed by atoms with Crippen LogP contribution in [0.2, 0.25) is 0 Å². The summed E-state index contributed by atoms with van der Waals surface area (Å²) in [6.45, 7) is 3.79. The third-order valence-corrected chi connectivity index (χ3v) is 4.41. The summed E-state index contributed by atoms with van der Waals surface area (Å²) in [4.78, 5) is 15.3. The summed E-state index contributed by atoms with van der Waals surface area (Å²) in [6.07, 6.45) is 0. The molecule has 23 heavy (non-hydrogen) atoms. The van der Waals surface area contributed by atoms with Gasteiger partial charge in [-0.2, -0.15) is 5.10 Å². The fourth-order valence-corrected chi connectivity index (χ4v) is 2.97. The number of nitrogens with zero attached hydrogens (tertiary/aromatic N) is 1. The van der Waals surface area contributed by atoms with Gasteiger partial charge in [0.15, 0.2) is 0 Å². The van der Waals surface area contributed by atoms with Gasteiger partial charge in [-0.15, -0.1) is 0 Å². The smallest absolute Gasteiger partial charge is 0.251 e. The Morgan fingerprint density at radius 2 is 1.74 bits per heavy atom. The summed E-state index contributed by atoms with van der Waals surface area (Å²) in [5, 5.41) is 5.33. The van der Waals surface area contributed by atoms with Crippen LogP contribution in [0.5, 0.6) is 0 Å². The number of amides is 1. The number of fused-ring (bicyclic) bond motifs is 1. The first-order valence-electron chi connectivity index (χ1n) is 7.63. The summed E-state index contributed by atoms with van der Waals surface area (Å²) in [7, 11) is 0. The second kappa shape index (κ2) is 4.81. The van der Waals surface area contributed by atoms with Crippen LogP contribution < -0.4 is 5.43 Å². The van der Waals surface area contributed by atoms with E-state index in [0.29, 0.717) is 0 Å². The molecule has 2 aromatic carbocycles. The van der Waals surface area contributed by atoms with Crippen molar-refractivity contribution in [2.45, 2.75) is 13.8 Å². The lowest BCUT2D eigenvalue weighted by Crippen LogP contribution is -2.32. The van der Waals surface area contributed by atoms with E-state index >= 15 is 0 Å². The van der Waals surface area contributed by atoms with Gasteiger partial charge in [0.25, 0.3) is 5.91 Å². The maximum Gasteiger partial charge on any atom is 0.251 e. The van der Waals surface area contributed by atoms with Crippen molar-refractivity contribution in [1.82, 2.24) is 10.4 Å². The summed E-state index contributed by atoms with van der Waals surface area (Å²) in [5.74, 6) is -0.0633. The van der Waals surface area contributed by atoms with E-state index in [0.717, 1.165) is 33.4 Å². The second-order valence-corrected chi connectivity index (χ2v) is 6.38. The number of benzene rings is 2. The number of carbonyl (C=O) groups is 1. The van der Waals surface area contributed by atoms with E-state index in [-0.39, 0.29) is 5.91 Å². The number of aromatic nitrogens is 1. The van der Waals surface area contributed by atoms with Crippen LogP contribution in [0.3, 0.4) is 0 Å². The van der Waals surface area contributed by atoms with Crippen LogP contribution in [0.25, 0.3) is 22.2 Å². The third-order valence-electron chi connectivity index (χ3n) is 4.41. The van der Waals surface area contributed by atoms with Gasteiger partial charge in [0, 0.05) is 16.6 Å². The van der Waals surface area contributed by atoms with Crippen LogP contribution in [0, 0.1) is 5.41 Å². The first-order chi connectivity index (χ1) is 11.1. The van der Waals surface area contributed by atoms with Crippen molar-refractivity contribution in [2.24, 2.45) is 10.5 Å². The Hall–Kier alpha value is -2.88. The highest BCUT2D eigenvalue weighted by Gasteiger charge is 2.39. The molecule has 0 atom stereocenters. The lowest BCUT2D eigenvalue weighted by Gasteiger charge is -2.16. The van der Waals surface area contributed by atoms with E-state index in [2.05, 4.69) is 39.8 Å². The Morgan fingerprint density at radius 1 is 0.957 bits per heavy atom. The van der Waals surface area contributed by atoms with E-state index in [1.807, 2.05) is 44.2 Å². The Morgan fingerprint density at radius 3 is 2.43 bits per heavy atom. The standard InChI is InChI=1S/C19H17N3O/c1-19(2)17(21-22-18(19)23)13-8-9-15-14(10-13)11-16(20-15)12-6-4-3-5-7-12/h3-11,20H,1-2H3,(H,22,23). The Labute approximate surface area is 134 Å². The molecule has 0 spiro atoms. The molecule has 0 unspecified atom stereocenters. The molecular formula is C19H17N3O. The van der Waals surface area contributed by atoms with E-state index in [1.54, 1.807) is 0 Å². The molecule has 4 heteroatoms. The number of hydrogen-bond acceptors (Lipinski definition) is 2. The van der Waals surface area contributed by atoms with Crippen molar-refractivity contribution in [3.8, 4) is 11.3 Å². The van der Waals surface area contributed by atoms with Crippen LogP contribution in [0.4, 0.5) is 0 Å². The predicted octanol–water partition coefficient (Wildman–Crippen LogP) is 3.70. The highest BCUT2D eigenvalue weighted by atomic mass is 16.2. The highest BCUT2D eigenvalue weighted by molar-refractivity contribution is 6.19. The number of aromatic amines is 1. The van der Waals surface area contributed by atoms with Crippen LogP contribution in [-0.4, -0.2) is 16.6 Å². The van der Waals surface area contributed by atoms with E-state index in [9.17, 15) is 4.79 Å². The Balaban J connectivity index is 1.79. The minimum Gasteiger partial charge on any atom is -0.355 e. The second-order valence-electron chi connectivity index (χ2n) is 6.38. The molecule has 0 radical (unpaired) electrons. The van der Waals surface area contributed by atoms with Crippen molar-refractivity contribution in [3.05, 3.63) is 60.2 Å². The van der Waals surface area contributed by atoms with Crippen molar-refractivity contribution in [3.63, 3.8) is 0 Å². The predicted molar refractivity (Wildman–Crippen MR) is 92.2 cm³/mol. The Bertz CT molecular complexity index is 936. The largest absolute Gasteiger partial charge is 0.355 e. The van der Waals surface area contributed by atoms with E-state index in [1.165, 1.54) is 0 Å². The molecule has 4 rings (SSSR count). The molecular weight excluding hydrogens is 286 g/mol. The molecule has 1 amide bonds. The average Bonchev–Trinajstić information content (AvgIpc) is 3.09. The minimum absolute atomic E-state index is 0.0633. The normalized spacial score (nSPS) is 16.4. The lowest BCUT2D eigenvalue weighted by atomic mass is 9.83. The highest BCUT2D eigenvalue weighted by Crippen LogP contribution is 2.30. The van der Waals surface area contributed by atoms with Gasteiger partial charge >= 0.3 is 0 Å². The summed E-state index contributed by atoms with van der Waals surface area (Å²) in [6, 6.07) is 18.5. The zero-order chi connectivity index (χ0) is 16.0. The molecule has 3 aromatic rings. The van der Waals surface area contributed by atoms with Crippen LogP contribution in [0.15, 0.2) is 59.7 Å². The van der Waals surface area contributed by atoms with Crippen molar-refractivity contribution < 1.29 is 4.79 Å². The van der Waals surface area contributed by atoms with Crippen molar-refractivity contribution in [2.75, 3.05) is 0 Å². The fourth-order valence-electron chi connectivity index (χ4n) is 2.97. The van der Waals surface area contributed by atoms with Gasteiger partial charge in [0.2, 0.25) is 0 Å². The number of H-pyrrole nitrogens is 1. The van der Waals surface area contributed by atoms with Gasteiger partial charge in [0.05, 0.1) is 11.1 Å². The SMILES string of the molecule is CC1(C)C(=O)NN=C1c1ccc2[nH]c(-c3ccccc3)cc2c1. The van der Waals surface area contributed by atoms with Crippen LogP contribution in [-0.2, 0) is 4.79 Å². The Kier molecular flexibility index (Phi) is 2.88. The molecule has 1 aliphatic rings. The van der Waals surface area contributed by atoms with Gasteiger partial charge in [-0.25, -0.2) is 5.43 Å². The zero-order valence-electron chi connectivity index (χ0n) is 13.1. The number of hydrogen-bond donors (Lipinski definition) is 2. The molecule has 0 aliphatic carbocycles. The van der Waals surface area contributed by atoms with E-state index < -0.39 is 5.41 Å². The molecule has 1 aromatic heterocycles. The molecule has 0 saturated carbocycles. The fraction of sp³-hybridized carbons (Fsp3) is 0.158. The molecule has 114 valence electrons. The van der Waals surface area contributed by atoms with Crippen LogP contribution in [0.1, 0.15) is 19.4 Å². The maximum atomic E-state index is 11.9. The summed E-state index contributed by atoms with van der Waals surface area (Å²) >= 11 is 0. The van der Waals surface area contributed by atoms with Crippen molar-refractivity contribution in [1.29, 1.82) is 0 Å². The van der Waals surface area contributed by atoms with Gasteiger partial charge in [0.1, 0.15) is 0 Å². The number of carbonyl (C=O) groups excluding carboxylic acids is 1. The molecule has 0 saturated heterocycles. The zero-order valence-corrected chi connectivity index (χ0v) is 13.1. The van der Waals surface area contributed by atoms with Gasteiger partial charge in [-0.3, -0.25) is 4.79 Å². The van der Waals surface area contributed by atoms with Crippen molar-refractivity contribution >= 4 is 22.5 Å². The molecule has 2 N–H and O–H groups in total. The minimum atomic E-state index is -0.605. The average molecular weight is 303 g/mol. The van der Waals surface area contributed by atoms with Gasteiger partial charge in [-0.1, -0.05) is 36.4 Å². The molecule has 0 bridgehead atoms. The van der Waals surface area contributed by atoms with Gasteiger partial charge in [-0.05, 0) is 43.2 Å². The van der Waals surface area contributed by atoms with Crippen LogP contribution >= 0.6 is 0 Å². The number of rotatable bonds is 2. The monoisotopic (exact) mass is 303 g/mol. The number of hydrazone groups is 1. The molecule has 2 heterocycles. The summed E-state index contributed by atoms with van der Waals surface area (Å²) in [5.41, 5.74) is 7.04. The number of nitrogens with one attached hydrogen (secondary N) is 2. The summed E-state index contributed by atoms with van der Waals surface area (Å²) < 4.78 is 0.